The first-order valence-corrected chi connectivity index (χ1v) is 8.59. The lowest BCUT2D eigenvalue weighted by atomic mass is 10.2. The first-order valence-electron chi connectivity index (χ1n) is 7.78. The number of amides is 1. The number of rotatable bonds is 3. The molecular formula is C17H16N4O2S. The van der Waals surface area contributed by atoms with E-state index < -0.39 is 0 Å². The molecule has 0 atom stereocenters. The van der Waals surface area contributed by atoms with Gasteiger partial charge in [0.05, 0.1) is 6.26 Å². The molecule has 4 rings (SSSR count). The number of carbonyl (C=O) groups is 1. The normalized spacial score (nSPS) is 14.8. The Morgan fingerprint density at radius 3 is 2.50 bits per heavy atom. The molecule has 0 aliphatic carbocycles. The van der Waals surface area contributed by atoms with Gasteiger partial charge in [0.2, 0.25) is 5.13 Å². The minimum Gasteiger partial charge on any atom is -0.459 e. The van der Waals surface area contributed by atoms with Gasteiger partial charge in [-0.3, -0.25) is 4.79 Å². The fourth-order valence-corrected chi connectivity index (χ4v) is 3.60. The van der Waals surface area contributed by atoms with E-state index in [9.17, 15) is 4.79 Å². The fraction of sp³-hybridized carbons (Fsp3) is 0.235. The molecule has 1 aliphatic rings. The van der Waals surface area contributed by atoms with Crippen LogP contribution in [-0.4, -0.2) is 47.2 Å². The Hall–Kier alpha value is -2.67. The molecule has 1 amide bonds. The number of hydrogen-bond donors (Lipinski definition) is 0. The van der Waals surface area contributed by atoms with Crippen LogP contribution < -0.4 is 4.90 Å². The monoisotopic (exact) mass is 340 g/mol. The summed E-state index contributed by atoms with van der Waals surface area (Å²) in [6.07, 6.45) is 1.52. The van der Waals surface area contributed by atoms with Gasteiger partial charge in [-0.25, -0.2) is 0 Å². The number of nitrogens with zero attached hydrogens (tertiary/aromatic N) is 4. The van der Waals surface area contributed by atoms with Gasteiger partial charge in [-0.1, -0.05) is 41.7 Å². The molecule has 7 heteroatoms. The van der Waals surface area contributed by atoms with Crippen LogP contribution in [0.3, 0.4) is 0 Å². The molecule has 6 nitrogen and oxygen atoms in total. The summed E-state index contributed by atoms with van der Waals surface area (Å²) in [5, 5.41) is 10.4. The summed E-state index contributed by atoms with van der Waals surface area (Å²) < 4.78 is 5.19. The summed E-state index contributed by atoms with van der Waals surface area (Å²) >= 11 is 1.58. The number of furan rings is 1. The zero-order valence-electron chi connectivity index (χ0n) is 13.0. The number of hydrogen-bond acceptors (Lipinski definition) is 6. The minimum absolute atomic E-state index is 0.0538. The van der Waals surface area contributed by atoms with Crippen molar-refractivity contribution in [2.24, 2.45) is 0 Å². The number of benzene rings is 1. The van der Waals surface area contributed by atoms with Crippen LogP contribution in [0, 0.1) is 0 Å². The Morgan fingerprint density at radius 2 is 1.79 bits per heavy atom. The van der Waals surface area contributed by atoms with Crippen molar-refractivity contribution < 1.29 is 9.21 Å². The summed E-state index contributed by atoms with van der Waals surface area (Å²) in [5.41, 5.74) is 1.08. The van der Waals surface area contributed by atoms with Crippen molar-refractivity contribution in [3.63, 3.8) is 0 Å². The average molecular weight is 340 g/mol. The highest BCUT2D eigenvalue weighted by Gasteiger charge is 2.25. The topological polar surface area (TPSA) is 62.5 Å². The first-order chi connectivity index (χ1) is 11.8. The third-order valence-corrected chi connectivity index (χ3v) is 5.04. The summed E-state index contributed by atoms with van der Waals surface area (Å²) in [6.45, 7) is 2.80. The van der Waals surface area contributed by atoms with Gasteiger partial charge >= 0.3 is 0 Å². The molecule has 0 saturated carbocycles. The lowest BCUT2D eigenvalue weighted by Gasteiger charge is -2.33. The molecule has 0 radical (unpaired) electrons. The van der Waals surface area contributed by atoms with Crippen molar-refractivity contribution in [1.82, 2.24) is 15.1 Å². The fourth-order valence-electron chi connectivity index (χ4n) is 2.70. The molecule has 24 heavy (non-hydrogen) atoms. The third-order valence-electron chi connectivity index (χ3n) is 4.00. The molecule has 0 unspecified atom stereocenters. The smallest absolute Gasteiger partial charge is 0.289 e. The predicted octanol–water partition coefficient (Wildman–Crippen LogP) is 2.76. The van der Waals surface area contributed by atoms with E-state index in [2.05, 4.69) is 15.1 Å². The van der Waals surface area contributed by atoms with Crippen LogP contribution in [-0.2, 0) is 0 Å². The zero-order valence-corrected chi connectivity index (χ0v) is 13.8. The molecule has 0 bridgehead atoms. The highest BCUT2D eigenvalue weighted by atomic mass is 32.1. The average Bonchev–Trinajstić information content (AvgIpc) is 3.34. The van der Waals surface area contributed by atoms with Gasteiger partial charge < -0.3 is 14.2 Å². The lowest BCUT2D eigenvalue weighted by Crippen LogP contribution is -2.48. The van der Waals surface area contributed by atoms with Crippen molar-refractivity contribution in [2.45, 2.75) is 0 Å². The molecule has 1 aliphatic heterocycles. The van der Waals surface area contributed by atoms with E-state index in [1.165, 1.54) is 6.26 Å². The highest BCUT2D eigenvalue weighted by Crippen LogP contribution is 2.29. The van der Waals surface area contributed by atoms with Crippen molar-refractivity contribution in [3.8, 4) is 10.6 Å². The van der Waals surface area contributed by atoms with Gasteiger partial charge in [0, 0.05) is 31.7 Å². The number of carbonyl (C=O) groups excluding carboxylic acids is 1. The SMILES string of the molecule is O=C(c1ccco1)N1CCN(c2nnc(-c3ccccc3)s2)CC1. The molecule has 122 valence electrons. The summed E-state index contributed by atoms with van der Waals surface area (Å²) in [4.78, 5) is 16.3. The quantitative estimate of drug-likeness (QED) is 0.734. The largest absolute Gasteiger partial charge is 0.459 e. The minimum atomic E-state index is -0.0538. The van der Waals surface area contributed by atoms with Crippen molar-refractivity contribution >= 4 is 22.4 Å². The van der Waals surface area contributed by atoms with E-state index in [-0.39, 0.29) is 5.91 Å². The van der Waals surface area contributed by atoms with E-state index in [4.69, 9.17) is 4.42 Å². The Bertz CT molecular complexity index is 808. The second-order valence-electron chi connectivity index (χ2n) is 5.51. The van der Waals surface area contributed by atoms with Crippen LogP contribution in [0.15, 0.2) is 53.1 Å². The van der Waals surface area contributed by atoms with E-state index in [1.807, 2.05) is 35.2 Å². The molecule has 2 aromatic heterocycles. The lowest BCUT2D eigenvalue weighted by molar-refractivity contribution is 0.0714. The van der Waals surface area contributed by atoms with Crippen molar-refractivity contribution in [1.29, 1.82) is 0 Å². The summed E-state index contributed by atoms with van der Waals surface area (Å²) in [6, 6.07) is 13.5. The van der Waals surface area contributed by atoms with Crippen LogP contribution in [0.5, 0.6) is 0 Å². The molecule has 3 aromatic rings. The Labute approximate surface area is 143 Å². The van der Waals surface area contributed by atoms with E-state index in [0.717, 1.165) is 28.8 Å². The van der Waals surface area contributed by atoms with E-state index in [1.54, 1.807) is 23.5 Å². The van der Waals surface area contributed by atoms with Crippen LogP contribution in [0.1, 0.15) is 10.6 Å². The van der Waals surface area contributed by atoms with Crippen LogP contribution in [0.2, 0.25) is 0 Å². The van der Waals surface area contributed by atoms with E-state index in [0.29, 0.717) is 18.8 Å². The van der Waals surface area contributed by atoms with Crippen LogP contribution in [0.25, 0.3) is 10.6 Å². The van der Waals surface area contributed by atoms with E-state index >= 15 is 0 Å². The maximum Gasteiger partial charge on any atom is 0.289 e. The Balaban J connectivity index is 1.41. The van der Waals surface area contributed by atoms with Gasteiger partial charge in [0.1, 0.15) is 5.01 Å². The summed E-state index contributed by atoms with van der Waals surface area (Å²) in [7, 11) is 0. The molecule has 1 saturated heterocycles. The maximum atomic E-state index is 12.3. The van der Waals surface area contributed by atoms with Gasteiger partial charge in [-0.2, -0.15) is 0 Å². The second-order valence-corrected chi connectivity index (χ2v) is 6.47. The number of aromatic nitrogens is 2. The summed E-state index contributed by atoms with van der Waals surface area (Å²) in [5.74, 6) is 0.340. The van der Waals surface area contributed by atoms with Crippen molar-refractivity contribution in [3.05, 3.63) is 54.5 Å². The molecule has 1 aromatic carbocycles. The predicted molar refractivity (Wildman–Crippen MR) is 92.2 cm³/mol. The molecule has 3 heterocycles. The van der Waals surface area contributed by atoms with Gasteiger partial charge in [-0.05, 0) is 12.1 Å². The van der Waals surface area contributed by atoms with Crippen LogP contribution in [0.4, 0.5) is 5.13 Å². The highest BCUT2D eigenvalue weighted by molar-refractivity contribution is 7.18. The molecule has 1 fully saturated rings. The number of anilines is 1. The second kappa shape index (κ2) is 6.45. The van der Waals surface area contributed by atoms with Gasteiger partial charge in [0.25, 0.3) is 5.91 Å². The molecule has 0 N–H and O–H groups in total. The standard InChI is InChI=1S/C17H16N4O2S/c22-16(14-7-4-12-23-14)20-8-10-21(11-9-20)17-19-18-15(24-17)13-5-2-1-3-6-13/h1-7,12H,8-11H2. The number of piperazine rings is 1. The molecule has 0 spiro atoms. The maximum absolute atomic E-state index is 12.3. The van der Waals surface area contributed by atoms with Crippen molar-refractivity contribution in [2.75, 3.05) is 31.1 Å². The first kappa shape index (κ1) is 14.9. The van der Waals surface area contributed by atoms with Crippen LogP contribution >= 0.6 is 11.3 Å². The zero-order chi connectivity index (χ0) is 16.4. The van der Waals surface area contributed by atoms with Gasteiger partial charge in [-0.15, -0.1) is 10.2 Å². The Kier molecular flexibility index (Phi) is 4.00. The van der Waals surface area contributed by atoms with Gasteiger partial charge in [0.15, 0.2) is 5.76 Å². The molecular weight excluding hydrogens is 324 g/mol. The third kappa shape index (κ3) is 2.90. The Morgan fingerprint density at radius 1 is 1.00 bits per heavy atom.